The number of rotatable bonds is 1. The molecule has 0 radical (unpaired) electrons. The molecule has 28 heavy (non-hydrogen) atoms. The van der Waals surface area contributed by atoms with Crippen LogP contribution in [0.15, 0.2) is 18.2 Å². The molecule has 0 N–H and O–H groups in total. The van der Waals surface area contributed by atoms with Gasteiger partial charge < -0.3 is 4.74 Å². The van der Waals surface area contributed by atoms with Crippen LogP contribution in [0.4, 0.5) is 18.9 Å². The van der Waals surface area contributed by atoms with Crippen molar-refractivity contribution >= 4 is 17.5 Å². The monoisotopic (exact) mass is 389 g/mol. The molecule has 3 heterocycles. The summed E-state index contributed by atoms with van der Waals surface area (Å²) in [5, 5.41) is 18.3. The van der Waals surface area contributed by atoms with Crippen LogP contribution in [0.2, 0.25) is 0 Å². The third-order valence-electron chi connectivity index (χ3n) is 6.18. The second kappa shape index (κ2) is 5.33. The van der Waals surface area contributed by atoms with Crippen molar-refractivity contribution in [3.63, 3.8) is 0 Å². The maximum atomic E-state index is 13.3. The number of alkyl halides is 3. The highest BCUT2D eigenvalue weighted by Crippen LogP contribution is 2.63. The molecule has 2 unspecified atom stereocenters. The first-order valence-electron chi connectivity index (χ1n) is 8.57. The van der Waals surface area contributed by atoms with Crippen molar-refractivity contribution in [3.05, 3.63) is 29.3 Å². The summed E-state index contributed by atoms with van der Waals surface area (Å²) in [7, 11) is 0. The summed E-state index contributed by atoms with van der Waals surface area (Å²) < 4.78 is 45.8. The fourth-order valence-electron chi connectivity index (χ4n) is 4.99. The third-order valence-corrected chi connectivity index (χ3v) is 6.18. The van der Waals surface area contributed by atoms with Crippen LogP contribution in [0.5, 0.6) is 0 Å². The van der Waals surface area contributed by atoms with Gasteiger partial charge in [-0.15, -0.1) is 0 Å². The Bertz CT molecular complexity index is 1010. The molecule has 3 saturated heterocycles. The molecule has 0 spiro atoms. The number of amides is 2. The Hall–Kier alpha value is -2.91. The minimum Gasteiger partial charge on any atom is -0.366 e. The molecular weight excluding hydrogens is 375 g/mol. The van der Waals surface area contributed by atoms with E-state index in [1.54, 1.807) is 13.8 Å². The molecule has 9 heteroatoms. The van der Waals surface area contributed by atoms with Crippen molar-refractivity contribution in [2.45, 2.75) is 37.6 Å². The maximum absolute atomic E-state index is 13.3. The van der Waals surface area contributed by atoms with Gasteiger partial charge in [-0.3, -0.25) is 9.59 Å². The second-order valence-electron chi connectivity index (χ2n) is 7.79. The van der Waals surface area contributed by atoms with Gasteiger partial charge in [0.2, 0.25) is 11.8 Å². The number of hydrogen-bond donors (Lipinski definition) is 0. The van der Waals surface area contributed by atoms with E-state index in [1.807, 2.05) is 0 Å². The number of anilines is 1. The Balaban J connectivity index is 1.81. The van der Waals surface area contributed by atoms with E-state index in [0.717, 1.165) is 17.0 Å². The number of benzene rings is 1. The first kappa shape index (κ1) is 18.5. The number of nitriles is 2. The molecule has 3 aliphatic rings. The van der Waals surface area contributed by atoms with Gasteiger partial charge in [0.15, 0.2) is 0 Å². The average molecular weight is 389 g/mol. The van der Waals surface area contributed by atoms with Gasteiger partial charge in [0, 0.05) is 0 Å². The molecule has 3 aliphatic heterocycles. The van der Waals surface area contributed by atoms with E-state index >= 15 is 0 Å². The zero-order valence-electron chi connectivity index (χ0n) is 14.9. The first-order valence-corrected chi connectivity index (χ1v) is 8.57. The molecule has 5 atom stereocenters. The van der Waals surface area contributed by atoms with Gasteiger partial charge in [-0.2, -0.15) is 23.7 Å². The summed E-state index contributed by atoms with van der Waals surface area (Å²) in [4.78, 5) is 26.9. The van der Waals surface area contributed by atoms with Crippen molar-refractivity contribution in [2.75, 3.05) is 4.90 Å². The lowest BCUT2D eigenvalue weighted by molar-refractivity contribution is -0.138. The van der Waals surface area contributed by atoms with Gasteiger partial charge in [0.1, 0.15) is 0 Å². The Labute approximate surface area is 158 Å². The zero-order valence-corrected chi connectivity index (χ0v) is 14.9. The first-order chi connectivity index (χ1) is 13.0. The van der Waals surface area contributed by atoms with Crippen molar-refractivity contribution < 1.29 is 27.5 Å². The van der Waals surface area contributed by atoms with Crippen molar-refractivity contribution in [1.82, 2.24) is 0 Å². The van der Waals surface area contributed by atoms with E-state index < -0.39 is 58.1 Å². The van der Waals surface area contributed by atoms with Gasteiger partial charge in [-0.1, -0.05) is 0 Å². The number of fused-ring (bicyclic) bond motifs is 5. The lowest BCUT2D eigenvalue weighted by Gasteiger charge is -2.31. The highest BCUT2D eigenvalue weighted by molar-refractivity contribution is 6.23. The molecule has 4 rings (SSSR count). The molecule has 2 bridgehead atoms. The van der Waals surface area contributed by atoms with Crippen LogP contribution in [0.3, 0.4) is 0 Å². The average Bonchev–Trinajstić information content (AvgIpc) is 3.14. The Morgan fingerprint density at radius 3 is 2.39 bits per heavy atom. The minimum atomic E-state index is -4.81. The number of nitrogens with zero attached hydrogens (tertiary/aromatic N) is 3. The largest absolute Gasteiger partial charge is 0.417 e. The van der Waals surface area contributed by atoms with E-state index in [4.69, 9.17) is 10.00 Å². The molecule has 0 aromatic heterocycles. The molecular formula is C19H14F3N3O3. The van der Waals surface area contributed by atoms with Gasteiger partial charge in [0.25, 0.3) is 0 Å². The lowest BCUT2D eigenvalue weighted by Crippen LogP contribution is -2.45. The highest BCUT2D eigenvalue weighted by Gasteiger charge is 2.76. The smallest absolute Gasteiger partial charge is 0.366 e. The van der Waals surface area contributed by atoms with Crippen LogP contribution in [0.1, 0.15) is 31.4 Å². The summed E-state index contributed by atoms with van der Waals surface area (Å²) >= 11 is 0. The molecule has 6 nitrogen and oxygen atoms in total. The molecule has 0 saturated carbocycles. The van der Waals surface area contributed by atoms with E-state index in [2.05, 4.69) is 6.07 Å². The molecule has 2 amide bonds. The second-order valence-corrected chi connectivity index (χ2v) is 7.79. The van der Waals surface area contributed by atoms with Crippen LogP contribution in [0, 0.1) is 40.4 Å². The predicted octanol–water partition coefficient (Wildman–Crippen LogP) is 2.77. The summed E-state index contributed by atoms with van der Waals surface area (Å²) in [5.74, 6) is -3.72. The number of imide groups is 1. The SMILES string of the molecule is C[C@@]12C[C@@H](C#N)[C@](C)(O1)C1C(=O)N(c3ccc(C#N)c(C(F)(F)F)c3)C(=O)C12. The predicted molar refractivity (Wildman–Crippen MR) is 87.2 cm³/mol. The fourth-order valence-corrected chi connectivity index (χ4v) is 4.99. The summed E-state index contributed by atoms with van der Waals surface area (Å²) in [6.07, 6.45) is -4.54. The summed E-state index contributed by atoms with van der Waals surface area (Å²) in [5.41, 5.74) is -4.24. The fraction of sp³-hybridized carbons (Fsp3) is 0.474. The molecule has 1 aromatic carbocycles. The quantitative estimate of drug-likeness (QED) is 0.689. The summed E-state index contributed by atoms with van der Waals surface area (Å²) in [6, 6.07) is 6.32. The maximum Gasteiger partial charge on any atom is 0.417 e. The molecule has 1 aromatic rings. The number of carbonyl (C=O) groups is 2. The van der Waals surface area contributed by atoms with Crippen LogP contribution >= 0.6 is 0 Å². The molecule has 0 aliphatic carbocycles. The standard InChI is InChI=1S/C19H14F3N3O3/c1-17-6-10(8-24)18(2,28-17)14-13(17)15(26)25(16(14)27)11-4-3-9(7-23)12(5-11)19(20,21)22/h3-5,10,13-14H,6H2,1-2H3/t10-,13?,14?,17-,18-/m0/s1. The number of ether oxygens (including phenoxy) is 1. The van der Waals surface area contributed by atoms with Crippen molar-refractivity contribution in [1.29, 1.82) is 10.5 Å². The highest BCUT2D eigenvalue weighted by atomic mass is 19.4. The van der Waals surface area contributed by atoms with Crippen LogP contribution in [-0.2, 0) is 20.5 Å². The van der Waals surface area contributed by atoms with Gasteiger partial charge >= 0.3 is 6.18 Å². The van der Waals surface area contributed by atoms with Gasteiger partial charge in [0.05, 0.1) is 57.9 Å². The van der Waals surface area contributed by atoms with Crippen LogP contribution in [-0.4, -0.2) is 23.0 Å². The molecule has 3 fully saturated rings. The third kappa shape index (κ3) is 2.11. The van der Waals surface area contributed by atoms with Crippen molar-refractivity contribution in [2.24, 2.45) is 17.8 Å². The topological polar surface area (TPSA) is 94.2 Å². The summed E-state index contributed by atoms with van der Waals surface area (Å²) in [6.45, 7) is 3.26. The number of carbonyl (C=O) groups excluding carboxylic acids is 2. The number of hydrogen-bond acceptors (Lipinski definition) is 5. The zero-order chi connectivity index (χ0) is 20.6. The van der Waals surface area contributed by atoms with Crippen LogP contribution in [0.25, 0.3) is 0 Å². The molecule has 144 valence electrons. The lowest BCUT2D eigenvalue weighted by atomic mass is 9.64. The Kier molecular flexibility index (Phi) is 3.51. The van der Waals surface area contributed by atoms with Gasteiger partial charge in [-0.05, 0) is 38.5 Å². The van der Waals surface area contributed by atoms with E-state index in [-0.39, 0.29) is 12.1 Å². The van der Waals surface area contributed by atoms with E-state index in [1.165, 1.54) is 6.07 Å². The minimum absolute atomic E-state index is 0.240. The number of halogens is 3. The van der Waals surface area contributed by atoms with Crippen LogP contribution < -0.4 is 4.90 Å². The Morgan fingerprint density at radius 2 is 1.82 bits per heavy atom. The van der Waals surface area contributed by atoms with Crippen molar-refractivity contribution in [3.8, 4) is 12.1 Å². The Morgan fingerprint density at radius 1 is 1.18 bits per heavy atom. The van der Waals surface area contributed by atoms with E-state index in [0.29, 0.717) is 6.07 Å². The van der Waals surface area contributed by atoms with E-state index in [9.17, 15) is 28.0 Å². The van der Waals surface area contributed by atoms with Gasteiger partial charge in [-0.25, -0.2) is 4.90 Å². The normalized spacial score (nSPS) is 36.4.